The van der Waals surface area contributed by atoms with E-state index in [2.05, 4.69) is 26.0 Å². The van der Waals surface area contributed by atoms with Gasteiger partial charge in [0.25, 0.3) is 0 Å². The number of rotatable bonds is 6. The summed E-state index contributed by atoms with van der Waals surface area (Å²) >= 11 is 0. The van der Waals surface area contributed by atoms with Crippen LogP contribution in [0, 0.1) is 5.92 Å². The topological polar surface area (TPSA) is 29.5 Å². The molecule has 0 saturated heterocycles. The van der Waals surface area contributed by atoms with Crippen LogP contribution in [0.15, 0.2) is 36.4 Å². The second kappa shape index (κ2) is 6.58. The van der Waals surface area contributed by atoms with Gasteiger partial charge in [0.05, 0.1) is 13.2 Å². The van der Waals surface area contributed by atoms with Gasteiger partial charge in [0, 0.05) is 5.56 Å². The SMILES string of the molecule is CCC(CC)COc1ccc2ccccc2c1CO. The predicted octanol–water partition coefficient (Wildman–Crippen LogP) is 4.15. The van der Waals surface area contributed by atoms with E-state index in [9.17, 15) is 5.11 Å². The van der Waals surface area contributed by atoms with Crippen molar-refractivity contribution in [2.75, 3.05) is 6.61 Å². The summed E-state index contributed by atoms with van der Waals surface area (Å²) < 4.78 is 5.92. The fraction of sp³-hybridized carbons (Fsp3) is 0.412. The average molecular weight is 258 g/mol. The molecule has 102 valence electrons. The fourth-order valence-electron chi connectivity index (χ4n) is 2.35. The molecule has 0 unspecified atom stereocenters. The lowest BCUT2D eigenvalue weighted by molar-refractivity contribution is 0.227. The quantitative estimate of drug-likeness (QED) is 0.843. The second-order valence-electron chi connectivity index (χ2n) is 4.92. The molecule has 1 N–H and O–H groups in total. The van der Waals surface area contributed by atoms with Crippen molar-refractivity contribution in [1.29, 1.82) is 0 Å². The third-order valence-electron chi connectivity index (χ3n) is 3.78. The summed E-state index contributed by atoms with van der Waals surface area (Å²) in [5.74, 6) is 1.39. The average Bonchev–Trinajstić information content (AvgIpc) is 2.47. The van der Waals surface area contributed by atoms with Crippen molar-refractivity contribution in [1.82, 2.24) is 0 Å². The van der Waals surface area contributed by atoms with Crippen molar-refractivity contribution in [3.8, 4) is 5.75 Å². The minimum absolute atomic E-state index is 0.0135. The van der Waals surface area contributed by atoms with E-state index >= 15 is 0 Å². The number of hydrogen-bond acceptors (Lipinski definition) is 2. The summed E-state index contributed by atoms with van der Waals surface area (Å²) in [5, 5.41) is 11.8. The zero-order chi connectivity index (χ0) is 13.7. The van der Waals surface area contributed by atoms with Crippen LogP contribution in [0.25, 0.3) is 10.8 Å². The van der Waals surface area contributed by atoms with Crippen LogP contribution in [0.5, 0.6) is 5.75 Å². The standard InChI is InChI=1S/C17H22O2/c1-3-13(4-2)12-19-17-10-9-14-7-5-6-8-15(14)16(17)11-18/h5-10,13,18H,3-4,11-12H2,1-2H3. The van der Waals surface area contributed by atoms with Gasteiger partial charge >= 0.3 is 0 Å². The maximum atomic E-state index is 9.62. The first-order valence-electron chi connectivity index (χ1n) is 7.04. The summed E-state index contributed by atoms with van der Waals surface area (Å²) in [6.45, 7) is 5.10. The van der Waals surface area contributed by atoms with Gasteiger partial charge in [-0.1, -0.05) is 57.0 Å². The van der Waals surface area contributed by atoms with Crippen molar-refractivity contribution in [2.24, 2.45) is 5.92 Å². The lowest BCUT2D eigenvalue weighted by Gasteiger charge is -2.17. The Labute approximate surface area is 115 Å². The van der Waals surface area contributed by atoms with Gasteiger partial charge in [-0.05, 0) is 22.8 Å². The molecule has 2 aromatic rings. The molecule has 0 fully saturated rings. The van der Waals surface area contributed by atoms with E-state index in [4.69, 9.17) is 4.74 Å². The smallest absolute Gasteiger partial charge is 0.125 e. The minimum Gasteiger partial charge on any atom is -0.493 e. The summed E-state index contributed by atoms with van der Waals surface area (Å²) in [4.78, 5) is 0. The Balaban J connectivity index is 2.27. The first kappa shape index (κ1) is 13.9. The summed E-state index contributed by atoms with van der Waals surface area (Å²) in [5.41, 5.74) is 0.893. The number of hydrogen-bond donors (Lipinski definition) is 1. The van der Waals surface area contributed by atoms with Gasteiger partial charge < -0.3 is 9.84 Å². The molecule has 0 aliphatic heterocycles. The summed E-state index contributed by atoms with van der Waals surface area (Å²) in [6, 6.07) is 12.1. The third-order valence-corrected chi connectivity index (χ3v) is 3.78. The highest BCUT2D eigenvalue weighted by atomic mass is 16.5. The number of benzene rings is 2. The molecule has 0 saturated carbocycles. The zero-order valence-corrected chi connectivity index (χ0v) is 11.7. The molecule has 0 heterocycles. The van der Waals surface area contributed by atoms with Crippen molar-refractivity contribution in [3.05, 3.63) is 42.0 Å². The van der Waals surface area contributed by atoms with E-state index in [-0.39, 0.29) is 6.61 Å². The molecule has 0 amide bonds. The van der Waals surface area contributed by atoms with E-state index in [1.165, 1.54) is 0 Å². The van der Waals surface area contributed by atoms with Gasteiger partial charge in [0.2, 0.25) is 0 Å². The largest absolute Gasteiger partial charge is 0.493 e. The van der Waals surface area contributed by atoms with E-state index in [0.717, 1.165) is 41.5 Å². The van der Waals surface area contributed by atoms with Gasteiger partial charge in [-0.15, -0.1) is 0 Å². The molecule has 0 aliphatic carbocycles. The van der Waals surface area contributed by atoms with Crippen molar-refractivity contribution in [3.63, 3.8) is 0 Å². The normalized spacial score (nSPS) is 11.2. The molecule has 0 aromatic heterocycles. The van der Waals surface area contributed by atoms with Gasteiger partial charge in [-0.25, -0.2) is 0 Å². The number of aliphatic hydroxyl groups is 1. The van der Waals surface area contributed by atoms with E-state index < -0.39 is 0 Å². The Morgan fingerprint density at radius 1 is 1.05 bits per heavy atom. The number of ether oxygens (including phenoxy) is 1. The number of fused-ring (bicyclic) bond motifs is 1. The maximum Gasteiger partial charge on any atom is 0.125 e. The Kier molecular flexibility index (Phi) is 4.80. The van der Waals surface area contributed by atoms with E-state index in [1.54, 1.807) is 0 Å². The minimum atomic E-state index is 0.0135. The van der Waals surface area contributed by atoms with Crippen molar-refractivity contribution < 1.29 is 9.84 Å². The molecule has 0 spiro atoms. The van der Waals surface area contributed by atoms with Gasteiger partial charge in [0.1, 0.15) is 5.75 Å². The van der Waals surface area contributed by atoms with Gasteiger partial charge in [-0.2, -0.15) is 0 Å². The molecule has 2 rings (SSSR count). The van der Waals surface area contributed by atoms with Crippen molar-refractivity contribution >= 4 is 10.8 Å². The first-order valence-corrected chi connectivity index (χ1v) is 7.04. The summed E-state index contributed by atoms with van der Waals surface area (Å²) in [6.07, 6.45) is 2.25. The fourth-order valence-corrected chi connectivity index (χ4v) is 2.35. The maximum absolute atomic E-state index is 9.62. The van der Waals surface area contributed by atoms with Crippen LogP contribution in [0.1, 0.15) is 32.3 Å². The van der Waals surface area contributed by atoms with Gasteiger partial charge in [0.15, 0.2) is 0 Å². The highest BCUT2D eigenvalue weighted by Gasteiger charge is 2.10. The Bertz CT molecular complexity index is 530. The molecule has 2 nitrogen and oxygen atoms in total. The lowest BCUT2D eigenvalue weighted by atomic mass is 10.0. The molecule has 0 aliphatic rings. The number of aliphatic hydroxyl groups excluding tert-OH is 1. The third kappa shape index (κ3) is 3.07. The molecular formula is C17H22O2. The predicted molar refractivity (Wildman–Crippen MR) is 79.4 cm³/mol. The van der Waals surface area contributed by atoms with Crippen molar-refractivity contribution in [2.45, 2.75) is 33.3 Å². The lowest BCUT2D eigenvalue weighted by Crippen LogP contribution is -2.11. The van der Waals surface area contributed by atoms with Gasteiger partial charge in [-0.3, -0.25) is 0 Å². The molecule has 0 atom stereocenters. The van der Waals surface area contributed by atoms with E-state index in [0.29, 0.717) is 5.92 Å². The molecule has 2 heteroatoms. The zero-order valence-electron chi connectivity index (χ0n) is 11.7. The molecule has 2 aromatic carbocycles. The van der Waals surface area contributed by atoms with Crippen LogP contribution < -0.4 is 4.74 Å². The Hall–Kier alpha value is -1.54. The van der Waals surface area contributed by atoms with Crippen LogP contribution >= 0.6 is 0 Å². The van der Waals surface area contributed by atoms with Crippen LogP contribution in [-0.4, -0.2) is 11.7 Å². The highest BCUT2D eigenvalue weighted by Crippen LogP contribution is 2.28. The molecular weight excluding hydrogens is 236 g/mol. The van der Waals surface area contributed by atoms with Crippen LogP contribution in [-0.2, 0) is 6.61 Å². The van der Waals surface area contributed by atoms with E-state index in [1.807, 2.05) is 24.3 Å². The summed E-state index contributed by atoms with van der Waals surface area (Å²) in [7, 11) is 0. The second-order valence-corrected chi connectivity index (χ2v) is 4.92. The van der Waals surface area contributed by atoms with Crippen LogP contribution in [0.4, 0.5) is 0 Å². The van der Waals surface area contributed by atoms with Crippen LogP contribution in [0.3, 0.4) is 0 Å². The molecule has 19 heavy (non-hydrogen) atoms. The molecule has 0 bridgehead atoms. The Morgan fingerprint density at radius 3 is 2.47 bits per heavy atom. The Morgan fingerprint density at radius 2 is 1.79 bits per heavy atom. The monoisotopic (exact) mass is 258 g/mol. The van der Waals surface area contributed by atoms with Crippen LogP contribution in [0.2, 0.25) is 0 Å². The molecule has 0 radical (unpaired) electrons. The first-order chi connectivity index (χ1) is 9.30. The highest BCUT2D eigenvalue weighted by molar-refractivity contribution is 5.87.